The zero-order valence-corrected chi connectivity index (χ0v) is 9.19. The fraction of sp³-hybridized carbons (Fsp3) is 0.0909. The van der Waals surface area contributed by atoms with Gasteiger partial charge in [-0.2, -0.15) is 0 Å². The summed E-state index contributed by atoms with van der Waals surface area (Å²) in [5, 5.41) is 11.1. The van der Waals surface area contributed by atoms with E-state index >= 15 is 0 Å². The van der Waals surface area contributed by atoms with E-state index < -0.39 is 4.92 Å². The molecule has 0 N–H and O–H groups in total. The quantitative estimate of drug-likeness (QED) is 0.589. The molecule has 0 fully saturated rings. The monoisotopic (exact) mass is 237 g/mol. The molecule has 0 aliphatic rings. The molecule has 1 heterocycles. The third-order valence-corrected chi connectivity index (χ3v) is 2.50. The number of rotatable bonds is 2. The summed E-state index contributed by atoms with van der Waals surface area (Å²) in [5.74, 6) is 1.27. The minimum atomic E-state index is -0.463. The van der Waals surface area contributed by atoms with E-state index in [2.05, 4.69) is 0 Å². The van der Waals surface area contributed by atoms with Crippen LogP contribution in [0.2, 0.25) is 5.02 Å². The van der Waals surface area contributed by atoms with Gasteiger partial charge in [0.15, 0.2) is 0 Å². The molecule has 2 rings (SSSR count). The van der Waals surface area contributed by atoms with Gasteiger partial charge in [-0.1, -0.05) is 11.6 Å². The number of nitro groups is 1. The van der Waals surface area contributed by atoms with Gasteiger partial charge in [-0.15, -0.1) is 0 Å². The van der Waals surface area contributed by atoms with Crippen molar-refractivity contribution in [3.63, 3.8) is 0 Å². The van der Waals surface area contributed by atoms with E-state index in [0.29, 0.717) is 16.3 Å². The highest BCUT2D eigenvalue weighted by molar-refractivity contribution is 6.33. The molecule has 0 unspecified atom stereocenters. The van der Waals surface area contributed by atoms with Crippen LogP contribution in [-0.4, -0.2) is 4.92 Å². The van der Waals surface area contributed by atoms with E-state index in [4.69, 9.17) is 16.0 Å². The maximum atomic E-state index is 10.6. The van der Waals surface area contributed by atoms with E-state index in [1.165, 1.54) is 18.2 Å². The first kappa shape index (κ1) is 10.7. The lowest BCUT2D eigenvalue weighted by Gasteiger charge is -2.00. The van der Waals surface area contributed by atoms with E-state index in [1.807, 2.05) is 0 Å². The van der Waals surface area contributed by atoms with Gasteiger partial charge in [0.25, 0.3) is 5.69 Å². The number of aryl methyl sites for hydroxylation is 1. The second-order valence-electron chi connectivity index (χ2n) is 3.33. The van der Waals surface area contributed by atoms with E-state index in [9.17, 15) is 10.1 Å². The highest BCUT2D eigenvalue weighted by Crippen LogP contribution is 2.32. The van der Waals surface area contributed by atoms with E-state index in [-0.39, 0.29) is 5.69 Å². The molecule has 0 aliphatic heterocycles. The third-order valence-electron chi connectivity index (χ3n) is 2.17. The van der Waals surface area contributed by atoms with Crippen molar-refractivity contribution in [1.29, 1.82) is 0 Å². The average Bonchev–Trinajstić information content (AvgIpc) is 2.65. The molecule has 0 amide bonds. The van der Waals surface area contributed by atoms with Gasteiger partial charge in [0.2, 0.25) is 0 Å². The Balaban J connectivity index is 2.55. The zero-order valence-electron chi connectivity index (χ0n) is 8.44. The first-order valence-corrected chi connectivity index (χ1v) is 4.96. The molecule has 1 aromatic heterocycles. The number of benzene rings is 1. The maximum Gasteiger partial charge on any atom is 0.270 e. The number of non-ortho nitro benzene ring substituents is 1. The van der Waals surface area contributed by atoms with Gasteiger partial charge >= 0.3 is 0 Å². The van der Waals surface area contributed by atoms with Crippen molar-refractivity contribution in [2.45, 2.75) is 6.92 Å². The number of hydrogen-bond acceptors (Lipinski definition) is 3. The van der Waals surface area contributed by atoms with Gasteiger partial charge in [0.05, 0.1) is 9.95 Å². The fourth-order valence-electron chi connectivity index (χ4n) is 1.39. The summed E-state index contributed by atoms with van der Waals surface area (Å²) in [6, 6.07) is 7.78. The highest BCUT2D eigenvalue weighted by atomic mass is 35.5. The highest BCUT2D eigenvalue weighted by Gasteiger charge is 2.13. The van der Waals surface area contributed by atoms with Crippen LogP contribution in [0.15, 0.2) is 34.7 Å². The number of hydrogen-bond donors (Lipinski definition) is 0. The van der Waals surface area contributed by atoms with Crippen molar-refractivity contribution in [3.8, 4) is 11.3 Å². The summed E-state index contributed by atoms with van der Waals surface area (Å²) >= 11 is 5.96. The summed E-state index contributed by atoms with van der Waals surface area (Å²) in [6.45, 7) is 1.80. The number of nitro benzene ring substituents is 1. The van der Waals surface area contributed by atoms with Crippen LogP contribution in [0.4, 0.5) is 5.69 Å². The van der Waals surface area contributed by atoms with Crippen LogP contribution in [0.25, 0.3) is 11.3 Å². The molecule has 16 heavy (non-hydrogen) atoms. The van der Waals surface area contributed by atoms with Crippen molar-refractivity contribution >= 4 is 17.3 Å². The summed E-state index contributed by atoms with van der Waals surface area (Å²) in [5.41, 5.74) is 0.525. The van der Waals surface area contributed by atoms with Crippen LogP contribution in [0.5, 0.6) is 0 Å². The Hall–Kier alpha value is -1.81. The number of furan rings is 1. The van der Waals surface area contributed by atoms with Gasteiger partial charge in [-0.05, 0) is 25.1 Å². The van der Waals surface area contributed by atoms with Gasteiger partial charge in [0, 0.05) is 17.7 Å². The van der Waals surface area contributed by atoms with Crippen LogP contribution in [0.1, 0.15) is 5.76 Å². The Morgan fingerprint density at radius 2 is 2.06 bits per heavy atom. The minimum Gasteiger partial charge on any atom is -0.461 e. The minimum absolute atomic E-state index is 0.00606. The molecular formula is C11H8ClNO3. The van der Waals surface area contributed by atoms with Crippen molar-refractivity contribution in [2.75, 3.05) is 0 Å². The maximum absolute atomic E-state index is 10.6. The van der Waals surface area contributed by atoms with Crippen molar-refractivity contribution in [3.05, 3.63) is 51.2 Å². The lowest BCUT2D eigenvalue weighted by molar-refractivity contribution is -0.384. The molecule has 0 atom stereocenters. The van der Waals surface area contributed by atoms with Crippen molar-refractivity contribution in [1.82, 2.24) is 0 Å². The number of halogens is 1. The summed E-state index contributed by atoms with van der Waals surface area (Å²) in [7, 11) is 0. The van der Waals surface area contributed by atoms with Crippen LogP contribution < -0.4 is 0 Å². The normalized spacial score (nSPS) is 10.4. The van der Waals surface area contributed by atoms with Gasteiger partial charge < -0.3 is 4.42 Å². The Labute approximate surface area is 96.6 Å². The molecule has 0 saturated heterocycles. The lowest BCUT2D eigenvalue weighted by Crippen LogP contribution is -1.88. The molecule has 2 aromatic rings. The van der Waals surface area contributed by atoms with Crippen LogP contribution in [-0.2, 0) is 0 Å². The van der Waals surface area contributed by atoms with Crippen LogP contribution >= 0.6 is 11.6 Å². The lowest BCUT2D eigenvalue weighted by atomic mass is 10.1. The molecule has 0 aliphatic carbocycles. The van der Waals surface area contributed by atoms with Crippen molar-refractivity contribution < 1.29 is 9.34 Å². The first-order chi connectivity index (χ1) is 7.58. The van der Waals surface area contributed by atoms with Crippen LogP contribution in [0, 0.1) is 17.0 Å². The molecule has 82 valence electrons. The summed E-state index contributed by atoms with van der Waals surface area (Å²) in [4.78, 5) is 10.2. The Morgan fingerprint density at radius 3 is 2.62 bits per heavy atom. The third kappa shape index (κ3) is 1.92. The molecule has 0 spiro atoms. The van der Waals surface area contributed by atoms with E-state index in [0.717, 1.165) is 5.76 Å². The Bertz CT molecular complexity index is 548. The van der Waals surface area contributed by atoms with Gasteiger partial charge in [0.1, 0.15) is 11.5 Å². The summed E-state index contributed by atoms with van der Waals surface area (Å²) < 4.78 is 5.38. The molecular weight excluding hydrogens is 230 g/mol. The first-order valence-electron chi connectivity index (χ1n) is 4.58. The van der Waals surface area contributed by atoms with Gasteiger partial charge in [-0.3, -0.25) is 10.1 Å². The zero-order chi connectivity index (χ0) is 11.7. The molecule has 4 nitrogen and oxygen atoms in total. The standard InChI is InChI=1S/C11H8ClNO3/c1-7-2-5-11(16-7)9-6-8(13(14)15)3-4-10(9)12/h2-6H,1H3. The predicted molar refractivity (Wildman–Crippen MR) is 60.5 cm³/mol. The number of nitrogens with zero attached hydrogens (tertiary/aromatic N) is 1. The largest absolute Gasteiger partial charge is 0.461 e. The van der Waals surface area contributed by atoms with Gasteiger partial charge in [-0.25, -0.2) is 0 Å². The smallest absolute Gasteiger partial charge is 0.270 e. The average molecular weight is 238 g/mol. The molecule has 0 radical (unpaired) electrons. The predicted octanol–water partition coefficient (Wildman–Crippen LogP) is 3.82. The molecule has 0 bridgehead atoms. The SMILES string of the molecule is Cc1ccc(-c2cc([N+](=O)[O-])ccc2Cl)o1. The molecule has 5 heteroatoms. The molecule has 1 aromatic carbocycles. The van der Waals surface area contributed by atoms with Crippen molar-refractivity contribution in [2.24, 2.45) is 0 Å². The Morgan fingerprint density at radius 1 is 1.31 bits per heavy atom. The fourth-order valence-corrected chi connectivity index (χ4v) is 1.61. The topological polar surface area (TPSA) is 56.3 Å². The van der Waals surface area contributed by atoms with Crippen LogP contribution in [0.3, 0.4) is 0 Å². The molecule has 0 saturated carbocycles. The second kappa shape index (κ2) is 3.98. The second-order valence-corrected chi connectivity index (χ2v) is 3.74. The summed E-state index contributed by atoms with van der Waals surface area (Å²) in [6.07, 6.45) is 0. The van der Waals surface area contributed by atoms with E-state index in [1.54, 1.807) is 19.1 Å². The Kier molecular flexibility index (Phi) is 2.66.